The fraction of sp³-hybridized carbons (Fsp3) is 0.471. The molecule has 0 N–H and O–H groups in total. The lowest BCUT2D eigenvalue weighted by molar-refractivity contribution is 0.141. The Morgan fingerprint density at radius 3 is 2.48 bits per heavy atom. The van der Waals surface area contributed by atoms with Crippen LogP contribution >= 0.6 is 0 Å². The molecule has 112 valence electrons. The van der Waals surface area contributed by atoms with Crippen LogP contribution in [0.15, 0.2) is 42.7 Å². The van der Waals surface area contributed by atoms with Gasteiger partial charge in [-0.15, -0.1) is 0 Å². The second-order valence-electron chi connectivity index (χ2n) is 6.07. The van der Waals surface area contributed by atoms with E-state index in [0.29, 0.717) is 12.6 Å². The Bertz CT molecular complexity index is 506. The number of amides is 2. The molecule has 1 saturated heterocycles. The molecule has 4 nitrogen and oxygen atoms in total. The van der Waals surface area contributed by atoms with E-state index in [1.807, 2.05) is 29.2 Å². The van der Waals surface area contributed by atoms with E-state index >= 15 is 0 Å². The summed E-state index contributed by atoms with van der Waals surface area (Å²) in [6.45, 7) is 2.43. The first kappa shape index (κ1) is 14.0. The molecule has 0 saturated carbocycles. The molecule has 2 amide bonds. The summed E-state index contributed by atoms with van der Waals surface area (Å²) in [5.41, 5.74) is 1.41. The molecule has 0 radical (unpaired) electrons. The first-order chi connectivity index (χ1) is 10.2. The summed E-state index contributed by atoms with van der Waals surface area (Å²) in [6.07, 6.45) is 7.16. The maximum atomic E-state index is 12.4. The van der Waals surface area contributed by atoms with Gasteiger partial charge in [0.2, 0.25) is 0 Å². The van der Waals surface area contributed by atoms with Crippen LogP contribution < -0.4 is 0 Å². The standard InChI is InChI=1S/C17H23N3O/c1-18-11-12-20(14-18)17(21)19-9-7-16(8-10-19)13-15-5-3-2-4-6-15/h2-6,11-12,16H,7-10,13-14H2,1H3. The summed E-state index contributed by atoms with van der Waals surface area (Å²) in [5, 5.41) is 0. The highest BCUT2D eigenvalue weighted by atomic mass is 16.2. The van der Waals surface area contributed by atoms with Crippen molar-refractivity contribution in [3.8, 4) is 0 Å². The van der Waals surface area contributed by atoms with E-state index in [1.165, 1.54) is 5.56 Å². The number of hydrogen-bond acceptors (Lipinski definition) is 2. The molecule has 4 heteroatoms. The molecular weight excluding hydrogens is 262 g/mol. The van der Waals surface area contributed by atoms with Crippen LogP contribution in [0.3, 0.4) is 0 Å². The lowest BCUT2D eigenvalue weighted by Gasteiger charge is -2.34. The van der Waals surface area contributed by atoms with Crippen molar-refractivity contribution in [2.24, 2.45) is 5.92 Å². The predicted octanol–water partition coefficient (Wildman–Crippen LogP) is 2.74. The lowest BCUT2D eigenvalue weighted by Crippen LogP contribution is -2.45. The monoisotopic (exact) mass is 285 g/mol. The van der Waals surface area contributed by atoms with E-state index in [4.69, 9.17) is 0 Å². The van der Waals surface area contributed by atoms with Gasteiger partial charge in [0, 0.05) is 32.5 Å². The largest absolute Gasteiger partial charge is 0.361 e. The fourth-order valence-corrected chi connectivity index (χ4v) is 3.11. The molecule has 2 aliphatic rings. The Kier molecular flexibility index (Phi) is 4.13. The quantitative estimate of drug-likeness (QED) is 0.835. The minimum absolute atomic E-state index is 0.147. The zero-order valence-electron chi connectivity index (χ0n) is 12.6. The van der Waals surface area contributed by atoms with Gasteiger partial charge in [-0.2, -0.15) is 0 Å². The van der Waals surface area contributed by atoms with E-state index in [0.717, 1.165) is 32.4 Å². The Labute approximate surface area is 126 Å². The number of carbonyl (C=O) groups is 1. The van der Waals surface area contributed by atoms with Crippen LogP contribution in [-0.2, 0) is 6.42 Å². The van der Waals surface area contributed by atoms with Crippen LogP contribution in [0.2, 0.25) is 0 Å². The molecular formula is C17H23N3O. The van der Waals surface area contributed by atoms with Crippen LogP contribution in [0.4, 0.5) is 4.79 Å². The molecule has 0 spiro atoms. The van der Waals surface area contributed by atoms with Crippen molar-refractivity contribution < 1.29 is 4.79 Å². The third kappa shape index (κ3) is 3.38. The molecule has 2 heterocycles. The number of rotatable bonds is 2. The molecule has 0 unspecified atom stereocenters. The normalized spacial score (nSPS) is 19.4. The Hall–Kier alpha value is -1.97. The van der Waals surface area contributed by atoms with Crippen molar-refractivity contribution in [2.45, 2.75) is 19.3 Å². The van der Waals surface area contributed by atoms with Gasteiger partial charge in [-0.25, -0.2) is 4.79 Å². The van der Waals surface area contributed by atoms with Crippen molar-refractivity contribution in [1.82, 2.24) is 14.7 Å². The van der Waals surface area contributed by atoms with Crippen molar-refractivity contribution in [1.29, 1.82) is 0 Å². The smallest absolute Gasteiger partial charge is 0.325 e. The number of hydrogen-bond donors (Lipinski definition) is 0. The summed E-state index contributed by atoms with van der Waals surface area (Å²) < 4.78 is 0. The number of piperidine rings is 1. The summed E-state index contributed by atoms with van der Waals surface area (Å²) in [7, 11) is 1.98. The van der Waals surface area contributed by atoms with Gasteiger partial charge in [-0.3, -0.25) is 4.90 Å². The molecule has 2 aliphatic heterocycles. The van der Waals surface area contributed by atoms with Gasteiger partial charge in [0.15, 0.2) is 0 Å². The van der Waals surface area contributed by atoms with Crippen LogP contribution in [0, 0.1) is 5.92 Å². The fourth-order valence-electron chi connectivity index (χ4n) is 3.11. The number of benzene rings is 1. The van der Waals surface area contributed by atoms with E-state index in [-0.39, 0.29) is 6.03 Å². The maximum absolute atomic E-state index is 12.4. The van der Waals surface area contributed by atoms with Crippen LogP contribution in [-0.4, -0.2) is 47.5 Å². The summed E-state index contributed by atoms with van der Waals surface area (Å²) in [4.78, 5) is 18.2. The van der Waals surface area contributed by atoms with E-state index in [9.17, 15) is 4.79 Å². The summed E-state index contributed by atoms with van der Waals surface area (Å²) in [6, 6.07) is 10.8. The van der Waals surface area contributed by atoms with Crippen molar-refractivity contribution in [3.05, 3.63) is 48.3 Å². The Balaban J connectivity index is 1.49. The lowest BCUT2D eigenvalue weighted by atomic mass is 9.90. The molecule has 21 heavy (non-hydrogen) atoms. The number of nitrogens with zero attached hydrogens (tertiary/aromatic N) is 3. The molecule has 0 aliphatic carbocycles. The van der Waals surface area contributed by atoms with Gasteiger partial charge in [0.25, 0.3) is 0 Å². The summed E-state index contributed by atoms with van der Waals surface area (Å²) >= 11 is 0. The van der Waals surface area contributed by atoms with Gasteiger partial charge in [0.1, 0.15) is 0 Å². The average molecular weight is 285 g/mol. The molecule has 0 bridgehead atoms. The van der Waals surface area contributed by atoms with Crippen molar-refractivity contribution in [2.75, 3.05) is 26.8 Å². The van der Waals surface area contributed by atoms with E-state index in [1.54, 1.807) is 4.90 Å². The van der Waals surface area contributed by atoms with E-state index < -0.39 is 0 Å². The zero-order chi connectivity index (χ0) is 14.7. The first-order valence-electron chi connectivity index (χ1n) is 7.70. The maximum Gasteiger partial charge on any atom is 0.325 e. The highest BCUT2D eigenvalue weighted by Gasteiger charge is 2.27. The highest BCUT2D eigenvalue weighted by Crippen LogP contribution is 2.23. The third-order valence-corrected chi connectivity index (χ3v) is 4.37. The van der Waals surface area contributed by atoms with E-state index in [2.05, 4.69) is 30.3 Å². The van der Waals surface area contributed by atoms with Gasteiger partial charge in [0.05, 0.1) is 6.67 Å². The van der Waals surface area contributed by atoms with Gasteiger partial charge >= 0.3 is 6.03 Å². The van der Waals surface area contributed by atoms with Gasteiger partial charge in [-0.05, 0) is 30.7 Å². The highest BCUT2D eigenvalue weighted by molar-refractivity contribution is 5.75. The van der Waals surface area contributed by atoms with Crippen LogP contribution in [0.5, 0.6) is 0 Å². The topological polar surface area (TPSA) is 26.8 Å². The Morgan fingerprint density at radius 2 is 1.86 bits per heavy atom. The van der Waals surface area contributed by atoms with Crippen LogP contribution in [0.1, 0.15) is 18.4 Å². The SMILES string of the molecule is CN1C=CN(C(=O)N2CCC(Cc3ccccc3)CC2)C1. The number of urea groups is 1. The molecule has 3 rings (SSSR count). The van der Waals surface area contributed by atoms with Gasteiger partial charge in [-0.1, -0.05) is 30.3 Å². The predicted molar refractivity (Wildman–Crippen MR) is 83.4 cm³/mol. The molecule has 0 atom stereocenters. The second kappa shape index (κ2) is 6.20. The second-order valence-corrected chi connectivity index (χ2v) is 6.07. The third-order valence-electron chi connectivity index (χ3n) is 4.37. The van der Waals surface area contributed by atoms with Crippen molar-refractivity contribution >= 4 is 6.03 Å². The summed E-state index contributed by atoms with van der Waals surface area (Å²) in [5.74, 6) is 0.702. The minimum Gasteiger partial charge on any atom is -0.361 e. The van der Waals surface area contributed by atoms with Crippen LogP contribution in [0.25, 0.3) is 0 Å². The average Bonchev–Trinajstić information content (AvgIpc) is 2.95. The van der Waals surface area contributed by atoms with Gasteiger partial charge < -0.3 is 9.80 Å². The zero-order valence-corrected chi connectivity index (χ0v) is 12.6. The molecule has 0 aromatic heterocycles. The molecule has 1 aromatic rings. The number of likely N-dealkylation sites (tertiary alicyclic amines) is 1. The Morgan fingerprint density at radius 1 is 1.14 bits per heavy atom. The first-order valence-corrected chi connectivity index (χ1v) is 7.70. The minimum atomic E-state index is 0.147. The molecule has 1 aromatic carbocycles. The molecule has 1 fully saturated rings. The van der Waals surface area contributed by atoms with Crippen molar-refractivity contribution in [3.63, 3.8) is 0 Å². The number of carbonyl (C=O) groups excluding carboxylic acids is 1.